The molecule has 222 valence electrons. The van der Waals surface area contributed by atoms with E-state index in [4.69, 9.17) is 4.74 Å². The number of benzene rings is 5. The Hall–Kier alpha value is -5.43. The number of amides is 1. The summed E-state index contributed by atoms with van der Waals surface area (Å²) in [5.74, 6) is -0.624. The van der Waals surface area contributed by atoms with E-state index in [-0.39, 0.29) is 18.1 Å². The van der Waals surface area contributed by atoms with Gasteiger partial charge >= 0.3 is 5.97 Å². The molecular weight excluding hydrogens is 552 g/mol. The number of rotatable bonds is 13. The van der Waals surface area contributed by atoms with Gasteiger partial charge in [0.05, 0.1) is 6.54 Å². The van der Waals surface area contributed by atoms with Crippen LogP contribution in [0.3, 0.4) is 0 Å². The third-order valence-corrected chi connectivity index (χ3v) is 7.49. The van der Waals surface area contributed by atoms with Gasteiger partial charge in [-0.15, -0.1) is 0 Å². The number of ether oxygens (including phenoxy) is 1. The van der Waals surface area contributed by atoms with Crippen molar-refractivity contribution in [3.8, 4) is 5.75 Å². The molecule has 0 aliphatic carbocycles. The predicted molar refractivity (Wildman–Crippen MR) is 173 cm³/mol. The van der Waals surface area contributed by atoms with Gasteiger partial charge in [0.2, 0.25) is 0 Å². The van der Waals surface area contributed by atoms with Crippen LogP contribution >= 0.6 is 0 Å². The zero-order valence-electron chi connectivity index (χ0n) is 24.5. The first-order valence-corrected chi connectivity index (χ1v) is 14.6. The largest absolute Gasteiger partial charge is 0.492 e. The summed E-state index contributed by atoms with van der Waals surface area (Å²) in [7, 11) is 0. The number of hydrogen-bond donors (Lipinski definition) is 2. The number of nitrogens with one attached hydrogen (secondary N) is 1. The fraction of sp³-hybridized carbons (Fsp3) is 0.162. The molecule has 5 rings (SSSR count). The summed E-state index contributed by atoms with van der Waals surface area (Å²) in [4.78, 5) is 40.1. The molecule has 5 aromatic rings. The number of nitrogens with zero attached hydrogens (tertiary/aromatic N) is 1. The van der Waals surface area contributed by atoms with Gasteiger partial charge in [0.25, 0.3) is 5.91 Å². The average molecular weight is 587 g/mol. The molecule has 0 saturated heterocycles. The average Bonchev–Trinajstić information content (AvgIpc) is 3.07. The van der Waals surface area contributed by atoms with Crippen LogP contribution in [-0.2, 0) is 11.2 Å². The van der Waals surface area contributed by atoms with Gasteiger partial charge in [0.15, 0.2) is 5.78 Å². The number of carboxylic acids is 1. The molecule has 1 atom stereocenters. The molecule has 5 aromatic carbocycles. The van der Waals surface area contributed by atoms with Crippen molar-refractivity contribution in [3.63, 3.8) is 0 Å². The number of carbonyl (C=O) groups is 3. The van der Waals surface area contributed by atoms with E-state index in [0.29, 0.717) is 47.8 Å². The van der Waals surface area contributed by atoms with Crippen LogP contribution in [0.1, 0.15) is 38.8 Å². The van der Waals surface area contributed by atoms with E-state index in [1.807, 2.05) is 67.6 Å². The van der Waals surface area contributed by atoms with Crippen molar-refractivity contribution in [2.24, 2.45) is 0 Å². The number of hydrogen-bond acceptors (Lipinski definition) is 5. The van der Waals surface area contributed by atoms with Crippen molar-refractivity contribution in [1.29, 1.82) is 0 Å². The maximum Gasteiger partial charge on any atom is 0.326 e. The fourth-order valence-electron chi connectivity index (χ4n) is 5.08. The summed E-state index contributed by atoms with van der Waals surface area (Å²) in [6.45, 7) is 3.24. The lowest BCUT2D eigenvalue weighted by molar-refractivity contribution is -0.137. The molecule has 0 aliphatic rings. The highest BCUT2D eigenvalue weighted by atomic mass is 16.5. The van der Waals surface area contributed by atoms with E-state index >= 15 is 0 Å². The summed E-state index contributed by atoms with van der Waals surface area (Å²) in [6.07, 6.45) is 0.202. The quantitative estimate of drug-likeness (QED) is 0.149. The Bertz CT molecular complexity index is 1750. The Balaban J connectivity index is 1.18. The summed E-state index contributed by atoms with van der Waals surface area (Å²) >= 11 is 0. The van der Waals surface area contributed by atoms with Crippen LogP contribution in [0.25, 0.3) is 10.8 Å². The predicted octanol–water partition coefficient (Wildman–Crippen LogP) is 6.72. The van der Waals surface area contributed by atoms with E-state index < -0.39 is 12.0 Å². The number of fused-ring (bicyclic) bond motifs is 1. The van der Waals surface area contributed by atoms with E-state index in [1.165, 1.54) is 0 Å². The second-order valence-electron chi connectivity index (χ2n) is 10.4. The van der Waals surface area contributed by atoms with Gasteiger partial charge < -0.3 is 20.1 Å². The minimum atomic E-state index is -1.02. The standard InChI is InChI=1S/C37H34N2O5/c1-2-39(36(41)30-19-18-27-10-6-7-13-29(27)25-30)22-23-44-31-20-16-26(17-21-31)24-34(37(42)43)38-33-15-9-8-14-32(33)35(40)28-11-4-3-5-12-28/h3-21,25,34,38H,2,22-24H2,1H3,(H,42,43). The van der Waals surface area contributed by atoms with Gasteiger partial charge in [-0.2, -0.15) is 0 Å². The number of para-hydroxylation sites is 1. The molecule has 1 amide bonds. The molecule has 0 spiro atoms. The molecule has 7 heteroatoms. The lowest BCUT2D eigenvalue weighted by Gasteiger charge is -2.21. The Morgan fingerprint density at radius 2 is 1.45 bits per heavy atom. The van der Waals surface area contributed by atoms with Crippen LogP contribution in [0.5, 0.6) is 5.75 Å². The first-order valence-electron chi connectivity index (χ1n) is 14.6. The molecule has 1 unspecified atom stereocenters. The third kappa shape index (κ3) is 7.31. The number of carbonyl (C=O) groups excluding carboxylic acids is 2. The van der Waals surface area contributed by atoms with Gasteiger partial charge in [0.1, 0.15) is 18.4 Å². The van der Waals surface area contributed by atoms with Crippen molar-refractivity contribution in [1.82, 2.24) is 4.90 Å². The van der Waals surface area contributed by atoms with Crippen LogP contribution in [-0.4, -0.2) is 53.4 Å². The van der Waals surface area contributed by atoms with Crippen molar-refractivity contribution < 1.29 is 24.2 Å². The first-order chi connectivity index (χ1) is 21.4. The maximum absolute atomic E-state index is 13.1. The molecule has 0 aliphatic heterocycles. The molecule has 7 nitrogen and oxygen atoms in total. The van der Waals surface area contributed by atoms with Crippen molar-refractivity contribution in [3.05, 3.63) is 144 Å². The Kier molecular flexibility index (Phi) is 9.67. The number of likely N-dealkylation sites (N-methyl/N-ethyl adjacent to an activating group) is 1. The van der Waals surface area contributed by atoms with Gasteiger partial charge in [-0.05, 0) is 59.7 Å². The Morgan fingerprint density at radius 1 is 0.773 bits per heavy atom. The molecule has 0 radical (unpaired) electrons. The number of aliphatic carboxylic acids is 1. The highest BCUT2D eigenvalue weighted by Gasteiger charge is 2.21. The zero-order chi connectivity index (χ0) is 30.9. The van der Waals surface area contributed by atoms with Gasteiger partial charge in [-0.3, -0.25) is 9.59 Å². The number of carboxylic acid groups (broad SMARTS) is 1. The Morgan fingerprint density at radius 3 is 2.18 bits per heavy atom. The number of ketones is 1. The second-order valence-corrected chi connectivity index (χ2v) is 10.4. The maximum atomic E-state index is 13.1. The highest BCUT2D eigenvalue weighted by Crippen LogP contribution is 2.22. The molecule has 2 N–H and O–H groups in total. The summed E-state index contributed by atoms with van der Waals surface area (Å²) in [5, 5.41) is 15.1. The molecular formula is C37H34N2O5. The van der Waals surface area contributed by atoms with E-state index in [9.17, 15) is 19.5 Å². The molecule has 44 heavy (non-hydrogen) atoms. The van der Waals surface area contributed by atoms with Crippen LogP contribution in [0.15, 0.2) is 121 Å². The van der Waals surface area contributed by atoms with Gasteiger partial charge in [-0.1, -0.05) is 84.9 Å². The van der Waals surface area contributed by atoms with Crippen molar-refractivity contribution >= 4 is 34.1 Å². The van der Waals surface area contributed by atoms with Crippen LogP contribution in [0.4, 0.5) is 5.69 Å². The molecule has 0 saturated carbocycles. The normalized spacial score (nSPS) is 11.5. The van der Waals surface area contributed by atoms with E-state index in [1.54, 1.807) is 65.6 Å². The van der Waals surface area contributed by atoms with Crippen LogP contribution in [0, 0.1) is 0 Å². The summed E-state index contributed by atoms with van der Waals surface area (Å²) in [5.41, 5.74) is 2.85. The monoisotopic (exact) mass is 586 g/mol. The van der Waals surface area contributed by atoms with E-state index in [0.717, 1.165) is 16.3 Å². The second kappa shape index (κ2) is 14.2. The van der Waals surface area contributed by atoms with Gasteiger partial charge in [-0.25, -0.2) is 4.79 Å². The van der Waals surface area contributed by atoms with Crippen molar-refractivity contribution in [2.75, 3.05) is 25.0 Å². The van der Waals surface area contributed by atoms with Crippen molar-refractivity contribution in [2.45, 2.75) is 19.4 Å². The lowest BCUT2D eigenvalue weighted by atomic mass is 10.00. The molecule has 0 heterocycles. The minimum absolute atomic E-state index is 0.0449. The SMILES string of the molecule is CCN(CCOc1ccc(CC(Nc2ccccc2C(=O)c2ccccc2)C(=O)O)cc1)C(=O)c1ccc2ccccc2c1. The Labute approximate surface area is 256 Å². The van der Waals surface area contributed by atoms with E-state index in [2.05, 4.69) is 5.32 Å². The molecule has 0 aromatic heterocycles. The zero-order valence-corrected chi connectivity index (χ0v) is 24.5. The summed E-state index contributed by atoms with van der Waals surface area (Å²) < 4.78 is 5.92. The lowest BCUT2D eigenvalue weighted by Crippen LogP contribution is -2.34. The van der Waals surface area contributed by atoms with Crippen LogP contribution < -0.4 is 10.1 Å². The third-order valence-electron chi connectivity index (χ3n) is 7.49. The van der Waals surface area contributed by atoms with Crippen LogP contribution in [0.2, 0.25) is 0 Å². The minimum Gasteiger partial charge on any atom is -0.492 e. The molecule has 0 fully saturated rings. The molecule has 0 bridgehead atoms. The summed E-state index contributed by atoms with van der Waals surface area (Å²) in [6, 6.07) is 35.8. The highest BCUT2D eigenvalue weighted by molar-refractivity contribution is 6.12. The topological polar surface area (TPSA) is 95.9 Å². The number of anilines is 1. The first kappa shape index (κ1) is 30.0. The smallest absolute Gasteiger partial charge is 0.326 e. The fourth-order valence-corrected chi connectivity index (χ4v) is 5.08. The van der Waals surface area contributed by atoms with Gasteiger partial charge in [0, 0.05) is 35.3 Å².